The van der Waals surface area contributed by atoms with Crippen LogP contribution in [0.15, 0.2) is 121 Å². The maximum atomic E-state index is 13.5. The lowest BCUT2D eigenvalue weighted by Gasteiger charge is -2.22. The number of hydrogen-bond donors (Lipinski definition) is 1. The van der Waals surface area contributed by atoms with Gasteiger partial charge < -0.3 is 19.7 Å². The largest absolute Gasteiger partial charge is 0.492 e. The standard InChI is InChI=1S/C36H31FN2O5S/c1-43-36(42)32(38-31-11-6-5-10-30(31)34(40)26-8-3-2-4-9-26)24-25-13-19-29(20-14-25)44-22-21-39(28-17-15-27(37)16-18-28)35(41)33-12-7-23-45-33/h2-20,23,32,38H,21-22,24H2,1H3. The van der Waals surface area contributed by atoms with Gasteiger partial charge in [0.15, 0.2) is 5.78 Å². The lowest BCUT2D eigenvalue weighted by molar-refractivity contribution is -0.141. The van der Waals surface area contributed by atoms with Gasteiger partial charge >= 0.3 is 5.97 Å². The van der Waals surface area contributed by atoms with E-state index in [1.807, 2.05) is 29.6 Å². The van der Waals surface area contributed by atoms with Crippen molar-refractivity contribution in [3.05, 3.63) is 148 Å². The Morgan fingerprint density at radius 2 is 1.56 bits per heavy atom. The maximum Gasteiger partial charge on any atom is 0.328 e. The van der Waals surface area contributed by atoms with Gasteiger partial charge in [0, 0.05) is 28.9 Å². The summed E-state index contributed by atoms with van der Waals surface area (Å²) in [5, 5.41) is 5.04. The van der Waals surface area contributed by atoms with Crippen LogP contribution in [0.1, 0.15) is 31.2 Å². The molecule has 0 aliphatic heterocycles. The zero-order valence-electron chi connectivity index (χ0n) is 24.5. The Labute approximate surface area is 264 Å². The van der Waals surface area contributed by atoms with Crippen LogP contribution in [-0.2, 0) is 16.0 Å². The summed E-state index contributed by atoms with van der Waals surface area (Å²) < 4.78 is 24.5. The minimum absolute atomic E-state index is 0.154. The highest BCUT2D eigenvalue weighted by Crippen LogP contribution is 2.23. The van der Waals surface area contributed by atoms with Crippen molar-refractivity contribution >= 4 is 40.4 Å². The van der Waals surface area contributed by atoms with Gasteiger partial charge in [-0.15, -0.1) is 11.3 Å². The minimum atomic E-state index is -0.751. The van der Waals surface area contributed by atoms with E-state index in [1.165, 1.54) is 30.6 Å². The Hall–Kier alpha value is -5.28. The van der Waals surface area contributed by atoms with Crippen LogP contribution in [0.2, 0.25) is 0 Å². The Morgan fingerprint density at radius 1 is 0.844 bits per heavy atom. The number of thiophene rings is 1. The summed E-state index contributed by atoms with van der Waals surface area (Å²) in [6, 6.07) is 31.9. The lowest BCUT2D eigenvalue weighted by atomic mass is 10.00. The van der Waals surface area contributed by atoms with Gasteiger partial charge in [-0.05, 0) is 65.5 Å². The van der Waals surface area contributed by atoms with E-state index in [2.05, 4.69) is 5.32 Å². The van der Waals surface area contributed by atoms with Crippen molar-refractivity contribution in [2.45, 2.75) is 12.5 Å². The molecule has 0 saturated carbocycles. The molecule has 1 N–H and O–H groups in total. The van der Waals surface area contributed by atoms with Gasteiger partial charge in [0.25, 0.3) is 5.91 Å². The average Bonchev–Trinajstić information content (AvgIpc) is 3.63. The molecule has 1 atom stereocenters. The second-order valence-corrected chi connectivity index (χ2v) is 11.0. The number of ketones is 1. The number of rotatable bonds is 13. The van der Waals surface area contributed by atoms with E-state index in [0.717, 1.165) is 5.56 Å². The van der Waals surface area contributed by atoms with E-state index in [9.17, 15) is 18.8 Å². The second-order valence-electron chi connectivity index (χ2n) is 10.1. The van der Waals surface area contributed by atoms with E-state index in [4.69, 9.17) is 9.47 Å². The molecular formula is C36H31FN2O5S. The number of esters is 1. The van der Waals surface area contributed by atoms with Crippen molar-refractivity contribution in [1.29, 1.82) is 0 Å². The third-order valence-corrected chi connectivity index (χ3v) is 7.94. The summed E-state index contributed by atoms with van der Waals surface area (Å²) in [6.07, 6.45) is 0.300. The van der Waals surface area contributed by atoms with Crippen LogP contribution in [0.5, 0.6) is 5.75 Å². The predicted molar refractivity (Wildman–Crippen MR) is 174 cm³/mol. The van der Waals surface area contributed by atoms with Gasteiger partial charge in [-0.25, -0.2) is 9.18 Å². The van der Waals surface area contributed by atoms with E-state index in [-0.39, 0.29) is 30.7 Å². The van der Waals surface area contributed by atoms with Gasteiger partial charge in [-0.1, -0.05) is 60.7 Å². The molecule has 1 aromatic heterocycles. The van der Waals surface area contributed by atoms with Crippen molar-refractivity contribution in [3.63, 3.8) is 0 Å². The SMILES string of the molecule is COC(=O)C(Cc1ccc(OCCN(C(=O)c2cccs2)c2ccc(F)cc2)cc1)Nc1ccccc1C(=O)c1ccccc1. The normalized spacial score (nSPS) is 11.3. The number of nitrogens with one attached hydrogen (secondary N) is 1. The quantitative estimate of drug-likeness (QED) is 0.112. The number of carbonyl (C=O) groups is 3. The molecule has 5 rings (SSSR count). The van der Waals surface area contributed by atoms with Crippen LogP contribution in [0.3, 0.4) is 0 Å². The maximum absolute atomic E-state index is 13.5. The number of benzene rings is 4. The molecule has 0 spiro atoms. The number of nitrogens with zero attached hydrogens (tertiary/aromatic N) is 1. The van der Waals surface area contributed by atoms with Gasteiger partial charge in [-0.3, -0.25) is 9.59 Å². The highest BCUT2D eigenvalue weighted by Gasteiger charge is 2.23. The number of methoxy groups -OCH3 is 1. The second kappa shape index (κ2) is 14.9. The summed E-state index contributed by atoms with van der Waals surface area (Å²) in [4.78, 5) is 41.3. The highest BCUT2D eigenvalue weighted by atomic mass is 32.1. The number of anilines is 2. The average molecular weight is 623 g/mol. The molecule has 1 unspecified atom stereocenters. The van der Waals surface area contributed by atoms with Crippen LogP contribution in [-0.4, -0.2) is 44.0 Å². The van der Waals surface area contributed by atoms with Gasteiger partial charge in [0.05, 0.1) is 18.5 Å². The molecule has 9 heteroatoms. The zero-order valence-corrected chi connectivity index (χ0v) is 25.3. The van der Waals surface area contributed by atoms with Crippen molar-refractivity contribution < 1.29 is 28.2 Å². The number of amides is 1. The molecule has 0 saturated heterocycles. The first kappa shape index (κ1) is 31.2. The van der Waals surface area contributed by atoms with Crippen molar-refractivity contribution in [2.75, 3.05) is 30.5 Å². The fraction of sp³-hybridized carbons (Fsp3) is 0.139. The molecule has 1 heterocycles. The van der Waals surface area contributed by atoms with Crippen LogP contribution in [0, 0.1) is 5.82 Å². The smallest absolute Gasteiger partial charge is 0.328 e. The van der Waals surface area contributed by atoms with Crippen molar-refractivity contribution in [2.24, 2.45) is 0 Å². The van der Waals surface area contributed by atoms with E-state index >= 15 is 0 Å². The number of ether oxygens (including phenoxy) is 2. The topological polar surface area (TPSA) is 84.9 Å². The minimum Gasteiger partial charge on any atom is -0.492 e. The molecule has 0 radical (unpaired) electrons. The first-order chi connectivity index (χ1) is 21.9. The molecular weight excluding hydrogens is 591 g/mol. The molecule has 7 nitrogen and oxygen atoms in total. The molecule has 0 aliphatic carbocycles. The van der Waals surface area contributed by atoms with Crippen LogP contribution < -0.4 is 15.0 Å². The van der Waals surface area contributed by atoms with Gasteiger partial charge in [-0.2, -0.15) is 0 Å². The monoisotopic (exact) mass is 622 g/mol. The fourth-order valence-corrected chi connectivity index (χ4v) is 5.46. The highest BCUT2D eigenvalue weighted by molar-refractivity contribution is 7.12. The summed E-state index contributed by atoms with van der Waals surface area (Å²) >= 11 is 1.34. The van der Waals surface area contributed by atoms with E-state index in [0.29, 0.717) is 39.5 Å². The molecule has 1 amide bonds. The number of para-hydroxylation sites is 1. The van der Waals surface area contributed by atoms with Crippen LogP contribution in [0.4, 0.5) is 15.8 Å². The predicted octanol–water partition coefficient (Wildman–Crippen LogP) is 7.04. The Balaban J connectivity index is 1.24. The molecule has 5 aromatic rings. The van der Waals surface area contributed by atoms with Crippen LogP contribution in [0.25, 0.3) is 0 Å². The first-order valence-electron chi connectivity index (χ1n) is 14.3. The number of hydrogen-bond acceptors (Lipinski definition) is 7. The fourth-order valence-electron chi connectivity index (χ4n) is 4.79. The Kier molecular flexibility index (Phi) is 10.3. The molecule has 0 fully saturated rings. The summed E-state index contributed by atoms with van der Waals surface area (Å²) in [7, 11) is 1.33. The number of halogens is 1. The molecule has 228 valence electrons. The van der Waals surface area contributed by atoms with Gasteiger partial charge in [0.2, 0.25) is 0 Å². The Morgan fingerprint density at radius 3 is 2.24 bits per heavy atom. The number of carbonyl (C=O) groups excluding carboxylic acids is 3. The van der Waals surface area contributed by atoms with E-state index in [1.54, 1.807) is 83.8 Å². The van der Waals surface area contributed by atoms with Crippen LogP contribution >= 0.6 is 11.3 Å². The van der Waals surface area contributed by atoms with Crippen molar-refractivity contribution in [3.8, 4) is 5.75 Å². The third kappa shape index (κ3) is 8.01. The van der Waals surface area contributed by atoms with Gasteiger partial charge in [0.1, 0.15) is 24.2 Å². The summed E-state index contributed by atoms with van der Waals surface area (Å²) in [5.74, 6) is -0.604. The Bertz CT molecular complexity index is 1730. The van der Waals surface area contributed by atoms with E-state index < -0.39 is 12.0 Å². The molecule has 0 bridgehead atoms. The molecule has 45 heavy (non-hydrogen) atoms. The summed E-state index contributed by atoms with van der Waals surface area (Å²) in [6.45, 7) is 0.450. The molecule has 4 aromatic carbocycles. The zero-order chi connectivity index (χ0) is 31.6. The third-order valence-electron chi connectivity index (χ3n) is 7.09. The van der Waals surface area contributed by atoms with Crippen molar-refractivity contribution in [1.82, 2.24) is 0 Å². The first-order valence-corrected chi connectivity index (χ1v) is 15.2. The summed E-state index contributed by atoms with van der Waals surface area (Å²) in [5.41, 5.74) is 2.95. The lowest BCUT2D eigenvalue weighted by Crippen LogP contribution is -2.34. The molecule has 0 aliphatic rings.